The maximum atomic E-state index is 12.8. The zero-order chi connectivity index (χ0) is 20.4. The second kappa shape index (κ2) is 8.04. The number of benzene rings is 1. The lowest BCUT2D eigenvalue weighted by Crippen LogP contribution is -2.35. The van der Waals surface area contributed by atoms with E-state index < -0.39 is 23.5 Å². The number of rotatable bonds is 6. The fourth-order valence-corrected chi connectivity index (χ4v) is 3.99. The molecule has 1 saturated heterocycles. The number of phenolic OH excluding ortho intramolecular Hbond substituents is 1. The smallest absolute Gasteiger partial charge is 0.295 e. The third-order valence-corrected chi connectivity index (χ3v) is 5.53. The van der Waals surface area contributed by atoms with Crippen molar-refractivity contribution >= 4 is 28.8 Å². The van der Waals surface area contributed by atoms with Crippen LogP contribution in [0.25, 0.3) is 5.76 Å². The Morgan fingerprint density at radius 1 is 1.29 bits per heavy atom. The first-order chi connectivity index (χ1) is 13.3. The third-order valence-electron chi connectivity index (χ3n) is 4.60. The number of hydrogen-bond donors (Lipinski definition) is 2. The van der Waals surface area contributed by atoms with Crippen molar-refractivity contribution < 1.29 is 24.5 Å². The van der Waals surface area contributed by atoms with E-state index in [1.54, 1.807) is 6.07 Å². The van der Waals surface area contributed by atoms with Crippen LogP contribution in [0.4, 0.5) is 0 Å². The minimum absolute atomic E-state index is 0.0216. The van der Waals surface area contributed by atoms with Gasteiger partial charge in [0.2, 0.25) is 0 Å². The molecular weight excluding hydrogens is 380 g/mol. The molecule has 1 fully saturated rings. The summed E-state index contributed by atoms with van der Waals surface area (Å²) in [5, 5.41) is 23.0. The average Bonchev–Trinajstić information content (AvgIpc) is 3.27. The van der Waals surface area contributed by atoms with Crippen LogP contribution in [-0.2, 0) is 9.59 Å². The van der Waals surface area contributed by atoms with Crippen molar-refractivity contribution in [2.75, 3.05) is 34.3 Å². The van der Waals surface area contributed by atoms with E-state index in [1.165, 1.54) is 35.5 Å². The molecule has 0 unspecified atom stereocenters. The van der Waals surface area contributed by atoms with Crippen LogP contribution in [0.3, 0.4) is 0 Å². The molecule has 0 spiro atoms. The van der Waals surface area contributed by atoms with Crippen LogP contribution in [0.15, 0.2) is 41.3 Å². The van der Waals surface area contributed by atoms with E-state index in [0.29, 0.717) is 18.8 Å². The number of aromatic hydroxyl groups is 1. The fourth-order valence-electron chi connectivity index (χ4n) is 3.14. The van der Waals surface area contributed by atoms with Crippen LogP contribution in [0, 0.1) is 0 Å². The molecule has 2 N–H and O–H groups in total. The van der Waals surface area contributed by atoms with Crippen LogP contribution in [0.1, 0.15) is 16.5 Å². The number of ether oxygens (including phenoxy) is 1. The van der Waals surface area contributed by atoms with E-state index in [9.17, 15) is 19.8 Å². The first-order valence-electron chi connectivity index (χ1n) is 8.69. The van der Waals surface area contributed by atoms with Gasteiger partial charge in [-0.3, -0.25) is 9.59 Å². The van der Waals surface area contributed by atoms with Gasteiger partial charge in [0.1, 0.15) is 17.3 Å². The summed E-state index contributed by atoms with van der Waals surface area (Å²) in [6, 6.07) is 7.33. The predicted molar refractivity (Wildman–Crippen MR) is 107 cm³/mol. The van der Waals surface area contributed by atoms with Gasteiger partial charge < -0.3 is 24.7 Å². The highest BCUT2D eigenvalue weighted by atomic mass is 32.1. The molecule has 1 aromatic carbocycles. The summed E-state index contributed by atoms with van der Waals surface area (Å²) in [5.41, 5.74) is 0.0552. The Balaban J connectivity index is 2.12. The van der Waals surface area contributed by atoms with E-state index in [1.807, 2.05) is 36.5 Å². The highest BCUT2D eigenvalue weighted by Crippen LogP contribution is 2.42. The molecule has 0 saturated carbocycles. The number of likely N-dealkylation sites (tertiary alicyclic amines) is 1. The van der Waals surface area contributed by atoms with Crippen molar-refractivity contribution in [2.45, 2.75) is 6.04 Å². The molecule has 1 amide bonds. The second-order valence-corrected chi connectivity index (χ2v) is 7.67. The van der Waals surface area contributed by atoms with Gasteiger partial charge in [0.15, 0.2) is 0 Å². The monoisotopic (exact) mass is 402 g/mol. The summed E-state index contributed by atoms with van der Waals surface area (Å²) in [7, 11) is 5.22. The summed E-state index contributed by atoms with van der Waals surface area (Å²) in [5.74, 6) is -1.64. The number of Topliss-reactive ketones (excluding diaryl/α,β-unsaturated/α-hetero) is 1. The van der Waals surface area contributed by atoms with Crippen LogP contribution >= 0.6 is 11.3 Å². The minimum atomic E-state index is -0.759. The number of amides is 1. The van der Waals surface area contributed by atoms with Crippen LogP contribution in [-0.4, -0.2) is 66.0 Å². The lowest BCUT2D eigenvalue weighted by atomic mass is 9.99. The summed E-state index contributed by atoms with van der Waals surface area (Å²) < 4.78 is 5.05. The number of aliphatic hydroxyl groups excluding tert-OH is 1. The Bertz CT molecular complexity index is 921. The quantitative estimate of drug-likeness (QED) is 0.438. The Kier molecular flexibility index (Phi) is 5.71. The minimum Gasteiger partial charge on any atom is -0.507 e. The normalized spacial score (nSPS) is 18.9. The molecule has 1 aliphatic rings. The van der Waals surface area contributed by atoms with Crippen molar-refractivity contribution in [2.24, 2.45) is 0 Å². The molecule has 3 rings (SSSR count). The second-order valence-electron chi connectivity index (χ2n) is 6.69. The van der Waals surface area contributed by atoms with Gasteiger partial charge in [0, 0.05) is 24.0 Å². The summed E-state index contributed by atoms with van der Waals surface area (Å²) in [6.07, 6.45) is 0. The molecule has 1 aromatic heterocycles. The Labute approximate surface area is 167 Å². The van der Waals surface area contributed by atoms with Crippen molar-refractivity contribution in [1.82, 2.24) is 9.80 Å². The van der Waals surface area contributed by atoms with E-state index in [2.05, 4.69) is 0 Å². The number of nitrogens with zero attached hydrogens (tertiary/aromatic N) is 2. The van der Waals surface area contributed by atoms with Gasteiger partial charge in [-0.15, -0.1) is 11.3 Å². The number of carbonyl (C=O) groups excluding carboxylic acids is 2. The lowest BCUT2D eigenvalue weighted by molar-refractivity contribution is -0.140. The molecule has 28 heavy (non-hydrogen) atoms. The third kappa shape index (κ3) is 3.61. The zero-order valence-corrected chi connectivity index (χ0v) is 16.7. The maximum Gasteiger partial charge on any atom is 0.295 e. The van der Waals surface area contributed by atoms with Gasteiger partial charge in [-0.1, -0.05) is 6.07 Å². The molecule has 2 aromatic rings. The van der Waals surface area contributed by atoms with Crippen LogP contribution in [0.5, 0.6) is 11.5 Å². The Hall–Kier alpha value is -2.84. The molecule has 0 aliphatic carbocycles. The summed E-state index contributed by atoms with van der Waals surface area (Å²) in [6.45, 7) is 0.911. The van der Waals surface area contributed by atoms with E-state index >= 15 is 0 Å². The molecule has 2 heterocycles. The summed E-state index contributed by atoms with van der Waals surface area (Å²) in [4.78, 5) is 29.6. The largest absolute Gasteiger partial charge is 0.507 e. The molecule has 8 heteroatoms. The van der Waals surface area contributed by atoms with Gasteiger partial charge in [-0.2, -0.15) is 0 Å². The number of aliphatic hydroxyl groups is 1. The van der Waals surface area contributed by atoms with Gasteiger partial charge in [0.25, 0.3) is 11.7 Å². The number of ketones is 1. The molecule has 0 radical (unpaired) electrons. The number of methoxy groups -OCH3 is 1. The van der Waals surface area contributed by atoms with Crippen molar-refractivity contribution in [1.29, 1.82) is 0 Å². The molecular formula is C20H22N2O5S. The van der Waals surface area contributed by atoms with Crippen LogP contribution < -0.4 is 4.74 Å². The van der Waals surface area contributed by atoms with Crippen LogP contribution in [0.2, 0.25) is 0 Å². The average molecular weight is 402 g/mol. The fraction of sp³-hybridized carbons (Fsp3) is 0.300. The van der Waals surface area contributed by atoms with Gasteiger partial charge in [-0.05, 0) is 37.7 Å². The SMILES string of the molecule is COc1ccc(C(O)=C2C(=O)C(=O)N(CCN(C)C)[C@@H]2c2cccs2)c(O)c1. The lowest BCUT2D eigenvalue weighted by Gasteiger charge is -2.25. The zero-order valence-electron chi connectivity index (χ0n) is 15.9. The van der Waals surface area contributed by atoms with Crippen molar-refractivity contribution in [3.8, 4) is 11.5 Å². The number of likely N-dealkylation sites (N-methyl/N-ethyl adjacent to an activating group) is 1. The van der Waals surface area contributed by atoms with Gasteiger partial charge in [-0.25, -0.2) is 0 Å². The van der Waals surface area contributed by atoms with Crippen molar-refractivity contribution in [3.05, 3.63) is 51.7 Å². The number of phenols is 1. The number of thiophene rings is 1. The van der Waals surface area contributed by atoms with Crippen molar-refractivity contribution in [3.63, 3.8) is 0 Å². The molecule has 148 valence electrons. The molecule has 0 bridgehead atoms. The molecule has 1 aliphatic heterocycles. The Morgan fingerprint density at radius 3 is 2.61 bits per heavy atom. The topological polar surface area (TPSA) is 90.3 Å². The Morgan fingerprint density at radius 2 is 2.04 bits per heavy atom. The van der Waals surface area contributed by atoms with E-state index in [0.717, 1.165) is 4.88 Å². The molecule has 7 nitrogen and oxygen atoms in total. The van der Waals surface area contributed by atoms with E-state index in [-0.39, 0.29) is 16.9 Å². The maximum absolute atomic E-state index is 12.8. The van der Waals surface area contributed by atoms with E-state index in [4.69, 9.17) is 4.74 Å². The van der Waals surface area contributed by atoms with Gasteiger partial charge >= 0.3 is 0 Å². The molecule has 1 atom stereocenters. The highest BCUT2D eigenvalue weighted by molar-refractivity contribution is 7.10. The van der Waals surface area contributed by atoms with Gasteiger partial charge in [0.05, 0.1) is 24.3 Å². The standard InChI is InChI=1S/C20H22N2O5S/c1-21(2)8-9-22-17(15-5-4-10-28-15)16(19(25)20(22)26)18(24)13-7-6-12(27-3)11-14(13)23/h4-7,10-11,17,23-24H,8-9H2,1-3H3/t17-/m1/s1. The predicted octanol–water partition coefficient (Wildman–Crippen LogP) is 2.45. The highest BCUT2D eigenvalue weighted by Gasteiger charge is 2.46. The number of carbonyl (C=O) groups is 2. The first kappa shape index (κ1) is 19.9. The summed E-state index contributed by atoms with van der Waals surface area (Å²) >= 11 is 1.40. The first-order valence-corrected chi connectivity index (χ1v) is 9.57. The number of hydrogen-bond acceptors (Lipinski definition) is 7.